The van der Waals surface area contributed by atoms with E-state index in [9.17, 15) is 14.4 Å². The first-order chi connectivity index (χ1) is 13.1. The third kappa shape index (κ3) is 5.85. The van der Waals surface area contributed by atoms with Gasteiger partial charge >= 0.3 is 5.97 Å². The van der Waals surface area contributed by atoms with Gasteiger partial charge in [-0.15, -0.1) is 0 Å². The van der Waals surface area contributed by atoms with Gasteiger partial charge in [-0.3, -0.25) is 9.59 Å². The summed E-state index contributed by atoms with van der Waals surface area (Å²) in [5.41, 5.74) is 1.13. The van der Waals surface area contributed by atoms with Crippen molar-refractivity contribution in [2.45, 2.75) is 13.8 Å². The largest absolute Gasteiger partial charge is 0.494 e. The Kier molecular flexibility index (Phi) is 7.37. The number of hydrogen-bond donors (Lipinski definition) is 1. The fourth-order valence-corrected chi connectivity index (χ4v) is 2.24. The van der Waals surface area contributed by atoms with Crippen LogP contribution in [0.25, 0.3) is 0 Å². The number of aldehydes is 1. The van der Waals surface area contributed by atoms with Crippen molar-refractivity contribution in [3.8, 4) is 11.5 Å². The van der Waals surface area contributed by atoms with Gasteiger partial charge in [0.2, 0.25) is 0 Å². The van der Waals surface area contributed by atoms with Gasteiger partial charge in [0.1, 0.15) is 17.8 Å². The molecule has 1 amide bonds. The predicted molar refractivity (Wildman–Crippen MR) is 99.5 cm³/mol. The molecule has 142 valence electrons. The van der Waals surface area contributed by atoms with Crippen molar-refractivity contribution in [2.24, 2.45) is 0 Å². The number of rotatable bonds is 9. The number of carbonyl (C=O) groups excluding carboxylic acids is 3. The summed E-state index contributed by atoms with van der Waals surface area (Å²) >= 11 is 0. The lowest BCUT2D eigenvalue weighted by molar-refractivity contribution is -0.119. The highest BCUT2D eigenvalue weighted by Gasteiger charge is 2.13. The van der Waals surface area contributed by atoms with Crippen LogP contribution in [0.1, 0.15) is 34.6 Å². The van der Waals surface area contributed by atoms with Crippen LogP contribution in [-0.4, -0.2) is 38.0 Å². The Morgan fingerprint density at radius 1 is 1.00 bits per heavy atom. The minimum absolute atomic E-state index is 0.252. The molecular formula is C20H21NO6. The number of hydrogen-bond acceptors (Lipinski definition) is 6. The molecule has 0 unspecified atom stereocenters. The Morgan fingerprint density at radius 2 is 1.70 bits per heavy atom. The van der Waals surface area contributed by atoms with Crippen LogP contribution in [0, 0.1) is 0 Å². The smallest absolute Gasteiger partial charge is 0.338 e. The average Bonchev–Trinajstić information content (AvgIpc) is 2.68. The van der Waals surface area contributed by atoms with E-state index in [0.717, 1.165) is 0 Å². The SMILES string of the molecule is CCOc1ccc(OCC)c(NC(=O)COC(=O)c2ccc(C=O)cc2)c1. The second-order valence-electron chi connectivity index (χ2n) is 5.39. The first-order valence-electron chi connectivity index (χ1n) is 8.49. The summed E-state index contributed by atoms with van der Waals surface area (Å²) in [6.07, 6.45) is 0.675. The standard InChI is InChI=1S/C20H21NO6/c1-3-25-16-9-10-18(26-4-2)17(11-16)21-19(23)13-27-20(24)15-7-5-14(12-22)6-8-15/h5-12H,3-4,13H2,1-2H3,(H,21,23). The average molecular weight is 371 g/mol. The molecule has 0 aliphatic carbocycles. The summed E-state index contributed by atoms with van der Waals surface area (Å²) in [5.74, 6) is -0.0910. The van der Waals surface area contributed by atoms with Crippen molar-refractivity contribution >= 4 is 23.9 Å². The molecule has 27 heavy (non-hydrogen) atoms. The molecule has 0 spiro atoms. The first-order valence-corrected chi connectivity index (χ1v) is 8.49. The van der Waals surface area contributed by atoms with E-state index in [-0.39, 0.29) is 5.56 Å². The summed E-state index contributed by atoms with van der Waals surface area (Å²) < 4.78 is 15.9. The van der Waals surface area contributed by atoms with E-state index in [2.05, 4.69) is 5.32 Å². The lowest BCUT2D eigenvalue weighted by Gasteiger charge is -2.13. The van der Waals surface area contributed by atoms with Gasteiger partial charge in [-0.2, -0.15) is 0 Å². The fourth-order valence-electron chi connectivity index (χ4n) is 2.24. The maximum Gasteiger partial charge on any atom is 0.338 e. The molecule has 7 heteroatoms. The molecule has 0 bridgehead atoms. The van der Waals surface area contributed by atoms with E-state index in [1.165, 1.54) is 24.3 Å². The molecule has 0 saturated carbocycles. The Morgan fingerprint density at radius 3 is 2.33 bits per heavy atom. The zero-order valence-electron chi connectivity index (χ0n) is 15.2. The lowest BCUT2D eigenvalue weighted by atomic mass is 10.1. The Hall–Kier alpha value is -3.35. The first kappa shape index (κ1) is 20.0. The number of amides is 1. The van der Waals surface area contributed by atoms with Crippen molar-refractivity contribution in [1.82, 2.24) is 0 Å². The maximum absolute atomic E-state index is 12.1. The van der Waals surface area contributed by atoms with Crippen LogP contribution in [0.15, 0.2) is 42.5 Å². The van der Waals surface area contributed by atoms with Crippen LogP contribution in [0.4, 0.5) is 5.69 Å². The van der Waals surface area contributed by atoms with E-state index in [0.29, 0.717) is 42.2 Å². The van der Waals surface area contributed by atoms with E-state index in [4.69, 9.17) is 14.2 Å². The van der Waals surface area contributed by atoms with E-state index in [1.807, 2.05) is 13.8 Å². The topological polar surface area (TPSA) is 90.9 Å². The lowest BCUT2D eigenvalue weighted by Crippen LogP contribution is -2.21. The van der Waals surface area contributed by atoms with E-state index < -0.39 is 18.5 Å². The van der Waals surface area contributed by atoms with Crippen LogP contribution < -0.4 is 14.8 Å². The fraction of sp³-hybridized carbons (Fsp3) is 0.250. The maximum atomic E-state index is 12.1. The molecule has 0 aliphatic rings. The molecule has 0 heterocycles. The third-order valence-electron chi connectivity index (χ3n) is 3.45. The van der Waals surface area contributed by atoms with Crippen LogP contribution in [0.2, 0.25) is 0 Å². The number of esters is 1. The molecule has 2 rings (SSSR count). The molecule has 0 fully saturated rings. The summed E-state index contributed by atoms with van der Waals surface area (Å²) in [7, 11) is 0. The van der Waals surface area contributed by atoms with Gasteiger partial charge in [0.05, 0.1) is 24.5 Å². The van der Waals surface area contributed by atoms with Crippen molar-refractivity contribution in [3.05, 3.63) is 53.6 Å². The molecule has 0 radical (unpaired) electrons. The highest BCUT2D eigenvalue weighted by Crippen LogP contribution is 2.29. The molecule has 0 saturated heterocycles. The number of carbonyl (C=O) groups is 3. The van der Waals surface area contributed by atoms with Crippen molar-refractivity contribution in [3.63, 3.8) is 0 Å². The molecule has 2 aromatic carbocycles. The van der Waals surface area contributed by atoms with Crippen LogP contribution in [0.5, 0.6) is 11.5 Å². The van der Waals surface area contributed by atoms with E-state index in [1.54, 1.807) is 18.2 Å². The highest BCUT2D eigenvalue weighted by atomic mass is 16.5. The van der Waals surface area contributed by atoms with Crippen molar-refractivity contribution < 1.29 is 28.6 Å². The summed E-state index contributed by atoms with van der Waals surface area (Å²) in [4.78, 5) is 34.7. The van der Waals surface area contributed by atoms with Gasteiger partial charge in [0.15, 0.2) is 6.61 Å². The van der Waals surface area contributed by atoms with Gasteiger partial charge in [-0.25, -0.2) is 4.79 Å². The van der Waals surface area contributed by atoms with Crippen LogP contribution in [-0.2, 0) is 9.53 Å². The van der Waals surface area contributed by atoms with Gasteiger partial charge in [0.25, 0.3) is 5.91 Å². The zero-order chi connectivity index (χ0) is 19.6. The summed E-state index contributed by atoms with van der Waals surface area (Å²) in [6, 6.07) is 11.0. The van der Waals surface area contributed by atoms with Gasteiger partial charge < -0.3 is 19.5 Å². The van der Waals surface area contributed by atoms with E-state index >= 15 is 0 Å². The Labute approximate surface area is 157 Å². The van der Waals surface area contributed by atoms with Crippen molar-refractivity contribution in [2.75, 3.05) is 25.1 Å². The molecule has 0 atom stereocenters. The van der Waals surface area contributed by atoms with Crippen LogP contribution in [0.3, 0.4) is 0 Å². The number of anilines is 1. The van der Waals surface area contributed by atoms with Crippen LogP contribution >= 0.6 is 0 Å². The summed E-state index contributed by atoms with van der Waals surface area (Å²) in [6.45, 7) is 4.15. The molecule has 1 N–H and O–H groups in total. The molecule has 7 nitrogen and oxygen atoms in total. The number of nitrogens with one attached hydrogen (secondary N) is 1. The Balaban J connectivity index is 1.98. The monoisotopic (exact) mass is 371 g/mol. The normalized spacial score (nSPS) is 10.0. The minimum Gasteiger partial charge on any atom is -0.494 e. The van der Waals surface area contributed by atoms with Gasteiger partial charge in [-0.05, 0) is 38.1 Å². The third-order valence-corrected chi connectivity index (χ3v) is 3.45. The zero-order valence-corrected chi connectivity index (χ0v) is 15.2. The highest BCUT2D eigenvalue weighted by molar-refractivity contribution is 5.96. The second-order valence-corrected chi connectivity index (χ2v) is 5.39. The minimum atomic E-state index is -0.657. The summed E-state index contributed by atoms with van der Waals surface area (Å²) in [5, 5.41) is 2.65. The van der Waals surface area contributed by atoms with Gasteiger partial charge in [0, 0.05) is 11.6 Å². The molecule has 0 aliphatic heterocycles. The number of benzene rings is 2. The molecule has 2 aromatic rings. The Bertz CT molecular complexity index is 801. The molecular weight excluding hydrogens is 350 g/mol. The predicted octanol–water partition coefficient (Wildman–Crippen LogP) is 3.09. The second kappa shape index (κ2) is 9.96. The quantitative estimate of drug-likeness (QED) is 0.538. The number of ether oxygens (including phenoxy) is 3. The van der Waals surface area contributed by atoms with Gasteiger partial charge in [-0.1, -0.05) is 12.1 Å². The van der Waals surface area contributed by atoms with Crippen molar-refractivity contribution in [1.29, 1.82) is 0 Å². The molecule has 0 aromatic heterocycles.